The zero-order valence-electron chi connectivity index (χ0n) is 20.5. The largest absolute Gasteiger partial charge is 0.384 e. The molecule has 0 fully saturated rings. The van der Waals surface area contributed by atoms with Crippen molar-refractivity contribution in [2.24, 2.45) is 5.73 Å². The molecule has 0 spiro atoms. The number of nitrogens with two attached hydrogens (primary N) is 2. The van der Waals surface area contributed by atoms with Gasteiger partial charge in [0, 0.05) is 23.4 Å². The van der Waals surface area contributed by atoms with Crippen LogP contribution in [0, 0.1) is 13.8 Å². The van der Waals surface area contributed by atoms with E-state index in [0.29, 0.717) is 23.5 Å². The molecule has 7 nitrogen and oxygen atoms in total. The molecule has 2 unspecified atom stereocenters. The molecule has 5 N–H and O–H groups in total. The smallest absolute Gasteiger partial charge is 0.251 e. The summed E-state index contributed by atoms with van der Waals surface area (Å²) >= 11 is 0. The van der Waals surface area contributed by atoms with Crippen LogP contribution < -0.4 is 16.8 Å². The molecular formula is C30H26N4O3. The van der Waals surface area contributed by atoms with Crippen molar-refractivity contribution in [1.82, 2.24) is 10.3 Å². The number of rotatable bonds is 5. The highest BCUT2D eigenvalue weighted by atomic mass is 16.5. The van der Waals surface area contributed by atoms with E-state index < -0.39 is 5.91 Å². The third-order valence-electron chi connectivity index (χ3n) is 7.34. The van der Waals surface area contributed by atoms with E-state index in [1.807, 2.05) is 56.3 Å². The number of amides is 2. The monoisotopic (exact) mass is 490 g/mol. The van der Waals surface area contributed by atoms with Crippen molar-refractivity contribution in [3.8, 4) is 11.1 Å². The third kappa shape index (κ3) is 3.75. The molecule has 2 bridgehead atoms. The van der Waals surface area contributed by atoms with Crippen LogP contribution in [0.3, 0.4) is 0 Å². The van der Waals surface area contributed by atoms with Crippen molar-refractivity contribution in [2.45, 2.75) is 32.6 Å². The van der Waals surface area contributed by atoms with Crippen LogP contribution in [-0.2, 0) is 11.3 Å². The van der Waals surface area contributed by atoms with Gasteiger partial charge in [-0.2, -0.15) is 0 Å². The number of nitrogens with one attached hydrogen (secondary N) is 1. The van der Waals surface area contributed by atoms with E-state index in [1.54, 1.807) is 12.1 Å². The Bertz CT molecular complexity index is 1590. The van der Waals surface area contributed by atoms with Gasteiger partial charge in [0.2, 0.25) is 5.91 Å². The molecule has 4 aromatic rings. The highest BCUT2D eigenvalue weighted by molar-refractivity contribution is 6.00. The lowest BCUT2D eigenvalue weighted by Gasteiger charge is -2.18. The number of ether oxygens (including phenoxy) is 1. The maximum atomic E-state index is 13.1. The summed E-state index contributed by atoms with van der Waals surface area (Å²) in [6.07, 6.45) is -0.437. The number of anilines is 1. The lowest BCUT2D eigenvalue weighted by molar-refractivity contribution is 0.0857. The van der Waals surface area contributed by atoms with Crippen molar-refractivity contribution in [1.29, 1.82) is 0 Å². The molecular weight excluding hydrogens is 464 g/mol. The van der Waals surface area contributed by atoms with Crippen molar-refractivity contribution < 1.29 is 14.3 Å². The maximum Gasteiger partial charge on any atom is 0.251 e. The van der Waals surface area contributed by atoms with Crippen LogP contribution in [0.15, 0.2) is 66.7 Å². The summed E-state index contributed by atoms with van der Waals surface area (Å²) < 4.78 is 6.34. The van der Waals surface area contributed by atoms with Gasteiger partial charge in [-0.05, 0) is 88.7 Å². The molecule has 0 saturated carbocycles. The van der Waals surface area contributed by atoms with Gasteiger partial charge in [-0.25, -0.2) is 4.98 Å². The van der Waals surface area contributed by atoms with Crippen LogP contribution in [0.5, 0.6) is 0 Å². The van der Waals surface area contributed by atoms with Gasteiger partial charge in [0.05, 0.1) is 0 Å². The van der Waals surface area contributed by atoms with Crippen LogP contribution in [0.1, 0.15) is 72.0 Å². The topological polar surface area (TPSA) is 120 Å². The minimum Gasteiger partial charge on any atom is -0.384 e. The molecule has 0 aliphatic carbocycles. The Labute approximate surface area is 214 Å². The van der Waals surface area contributed by atoms with Crippen LogP contribution >= 0.6 is 0 Å². The number of aromatic nitrogens is 1. The van der Waals surface area contributed by atoms with Gasteiger partial charge in [0.15, 0.2) is 0 Å². The lowest BCUT2D eigenvalue weighted by atomic mass is 9.83. The van der Waals surface area contributed by atoms with Gasteiger partial charge in [-0.1, -0.05) is 36.4 Å². The first-order valence-electron chi connectivity index (χ1n) is 12.1. The molecule has 1 aromatic heterocycles. The van der Waals surface area contributed by atoms with Crippen LogP contribution in [0.25, 0.3) is 11.1 Å². The summed E-state index contributed by atoms with van der Waals surface area (Å²) in [4.78, 5) is 29.3. The summed E-state index contributed by atoms with van der Waals surface area (Å²) in [6, 6.07) is 21.0. The lowest BCUT2D eigenvalue weighted by Crippen LogP contribution is -2.24. The SMILES string of the molecule is Cc1cc(N)nc(C)c1CNC(=O)c1ccc2c(c1)C1OC2c2ccc(-c3ccccc3C(N)=O)cc21. The Balaban J connectivity index is 1.28. The summed E-state index contributed by atoms with van der Waals surface area (Å²) in [5, 5.41) is 3.01. The number of nitrogen functional groups attached to an aromatic ring is 1. The van der Waals surface area contributed by atoms with E-state index >= 15 is 0 Å². The fourth-order valence-electron chi connectivity index (χ4n) is 5.53. The average molecular weight is 491 g/mol. The number of pyridine rings is 1. The molecule has 2 aliphatic rings. The van der Waals surface area contributed by atoms with E-state index in [-0.39, 0.29) is 18.1 Å². The normalized spacial score (nSPS) is 16.8. The molecule has 2 amide bonds. The molecule has 6 rings (SSSR count). The zero-order valence-corrected chi connectivity index (χ0v) is 20.5. The highest BCUT2D eigenvalue weighted by Crippen LogP contribution is 2.54. The first-order chi connectivity index (χ1) is 17.8. The number of carbonyl (C=O) groups is 2. The number of primary amides is 1. The number of fused-ring (bicyclic) bond motifs is 8. The zero-order chi connectivity index (χ0) is 25.8. The first kappa shape index (κ1) is 22.9. The predicted molar refractivity (Wildman–Crippen MR) is 141 cm³/mol. The molecule has 3 heterocycles. The fourth-order valence-corrected chi connectivity index (χ4v) is 5.53. The number of hydrogen-bond donors (Lipinski definition) is 3. The van der Waals surface area contributed by atoms with Crippen molar-refractivity contribution in [2.75, 3.05) is 5.73 Å². The van der Waals surface area contributed by atoms with Gasteiger partial charge in [0.25, 0.3) is 5.91 Å². The summed E-state index contributed by atoms with van der Waals surface area (Å²) in [5.74, 6) is -0.152. The van der Waals surface area contributed by atoms with Crippen LogP contribution in [0.2, 0.25) is 0 Å². The van der Waals surface area contributed by atoms with Crippen LogP contribution in [-0.4, -0.2) is 16.8 Å². The molecule has 0 radical (unpaired) electrons. The van der Waals surface area contributed by atoms with E-state index in [4.69, 9.17) is 16.2 Å². The molecule has 37 heavy (non-hydrogen) atoms. The second-order valence-corrected chi connectivity index (χ2v) is 9.60. The molecule has 2 atom stereocenters. The van der Waals surface area contributed by atoms with Crippen molar-refractivity contribution in [3.05, 3.63) is 117 Å². The van der Waals surface area contributed by atoms with Crippen molar-refractivity contribution >= 4 is 17.6 Å². The Morgan fingerprint density at radius 1 is 0.919 bits per heavy atom. The molecule has 184 valence electrons. The van der Waals surface area contributed by atoms with Gasteiger partial charge < -0.3 is 21.5 Å². The summed E-state index contributed by atoms with van der Waals surface area (Å²) in [5.41, 5.74) is 21.2. The van der Waals surface area contributed by atoms with Crippen LogP contribution in [0.4, 0.5) is 5.82 Å². The molecule has 3 aromatic carbocycles. The first-order valence-corrected chi connectivity index (χ1v) is 12.1. The van der Waals surface area contributed by atoms with Gasteiger partial charge in [-0.3, -0.25) is 9.59 Å². The van der Waals surface area contributed by atoms with E-state index in [1.165, 1.54) is 0 Å². The highest BCUT2D eigenvalue weighted by Gasteiger charge is 2.43. The number of aryl methyl sites for hydroxylation is 2. The summed E-state index contributed by atoms with van der Waals surface area (Å²) in [7, 11) is 0. The minimum atomic E-state index is -0.463. The number of carbonyl (C=O) groups excluding carboxylic acids is 2. The number of nitrogens with zero attached hydrogens (tertiary/aromatic N) is 1. The number of hydrogen-bond acceptors (Lipinski definition) is 5. The Morgan fingerprint density at radius 3 is 2.38 bits per heavy atom. The van der Waals surface area contributed by atoms with Crippen molar-refractivity contribution in [3.63, 3.8) is 0 Å². The van der Waals surface area contributed by atoms with Gasteiger partial charge in [-0.15, -0.1) is 0 Å². The summed E-state index contributed by atoms with van der Waals surface area (Å²) in [6.45, 7) is 4.22. The minimum absolute atomic E-state index is 0.162. The molecule has 7 heteroatoms. The second-order valence-electron chi connectivity index (χ2n) is 9.60. The Kier molecular flexibility index (Phi) is 5.31. The fraction of sp³-hybridized carbons (Fsp3) is 0.167. The Hall–Kier alpha value is -4.49. The standard InChI is InChI=1S/C30H26N4O3/c1-15-11-26(31)34-16(2)25(15)14-33-30(36)18-8-10-21-24(13-18)28-23-12-17(7-9-20(23)27(21)37-28)19-5-3-4-6-22(19)29(32)35/h3-13,27-28H,14H2,1-2H3,(H2,31,34)(H2,32,35)(H,33,36). The van der Waals surface area contributed by atoms with E-state index in [2.05, 4.69) is 22.4 Å². The molecule has 0 saturated heterocycles. The number of benzene rings is 3. The maximum absolute atomic E-state index is 13.1. The van der Waals surface area contributed by atoms with E-state index in [9.17, 15) is 9.59 Å². The average Bonchev–Trinajstić information content (AvgIpc) is 3.44. The van der Waals surface area contributed by atoms with E-state index in [0.717, 1.165) is 50.2 Å². The van der Waals surface area contributed by atoms with Gasteiger partial charge >= 0.3 is 0 Å². The molecule has 2 aliphatic heterocycles. The van der Waals surface area contributed by atoms with Gasteiger partial charge in [0.1, 0.15) is 18.0 Å². The predicted octanol–water partition coefficient (Wildman–Crippen LogP) is 4.50. The quantitative estimate of drug-likeness (QED) is 0.380. The third-order valence-corrected chi connectivity index (χ3v) is 7.34. The Morgan fingerprint density at radius 2 is 1.62 bits per heavy atom. The second kappa shape index (κ2) is 8.57.